The van der Waals surface area contributed by atoms with Gasteiger partial charge in [0.05, 0.1) is 22.3 Å². The van der Waals surface area contributed by atoms with Crippen LogP contribution in [0.1, 0.15) is 38.1 Å². The molecule has 2 aromatic carbocycles. The van der Waals surface area contributed by atoms with Gasteiger partial charge in [0.1, 0.15) is 5.82 Å². The summed E-state index contributed by atoms with van der Waals surface area (Å²) < 4.78 is 13.8. The summed E-state index contributed by atoms with van der Waals surface area (Å²) in [5.74, 6) is -4.02. The van der Waals surface area contributed by atoms with Crippen molar-refractivity contribution in [3.05, 3.63) is 98.0 Å². The standard InChI is InChI=1S/C25H21FN4O7S/c26-17-6-1-5-16(12-17)24(34)28-9-10-29(25(35)20-8-3-11-38-20)23(28)22(33)27-19(14-21(31)32)15-4-2-7-18(13-15)30(36)37/h1-8,11-13,19,23H,9-10,14H2,(H,27,33)(H,31,32). The van der Waals surface area contributed by atoms with Gasteiger partial charge in [-0.2, -0.15) is 0 Å². The Morgan fingerprint density at radius 2 is 1.76 bits per heavy atom. The van der Waals surface area contributed by atoms with Gasteiger partial charge in [-0.05, 0) is 35.2 Å². The fourth-order valence-corrected chi connectivity index (χ4v) is 4.87. The summed E-state index contributed by atoms with van der Waals surface area (Å²) in [5, 5.41) is 24.9. The highest BCUT2D eigenvalue weighted by atomic mass is 32.1. The third-order valence-electron chi connectivity index (χ3n) is 5.91. The molecule has 0 saturated carbocycles. The van der Waals surface area contributed by atoms with Crippen molar-refractivity contribution in [1.82, 2.24) is 15.1 Å². The minimum Gasteiger partial charge on any atom is -0.481 e. The Bertz CT molecular complexity index is 1400. The first-order chi connectivity index (χ1) is 18.2. The first kappa shape index (κ1) is 26.4. The number of nitrogens with one attached hydrogen (secondary N) is 1. The molecule has 2 unspecified atom stereocenters. The van der Waals surface area contributed by atoms with Crippen LogP contribution >= 0.6 is 11.3 Å². The molecule has 2 atom stereocenters. The van der Waals surface area contributed by atoms with E-state index in [0.29, 0.717) is 4.88 Å². The molecule has 196 valence electrons. The Kier molecular flexibility index (Phi) is 7.76. The Balaban J connectivity index is 1.68. The molecule has 1 aromatic heterocycles. The van der Waals surface area contributed by atoms with Crippen molar-refractivity contribution < 1.29 is 33.6 Å². The zero-order valence-corrected chi connectivity index (χ0v) is 20.5. The van der Waals surface area contributed by atoms with Gasteiger partial charge in [0.25, 0.3) is 23.4 Å². The molecule has 2 heterocycles. The minimum absolute atomic E-state index is 0.00369. The van der Waals surface area contributed by atoms with E-state index in [-0.39, 0.29) is 29.9 Å². The van der Waals surface area contributed by atoms with Crippen LogP contribution in [0.15, 0.2) is 66.0 Å². The average molecular weight is 541 g/mol. The van der Waals surface area contributed by atoms with E-state index in [1.54, 1.807) is 17.5 Å². The second kappa shape index (κ2) is 11.2. The van der Waals surface area contributed by atoms with Crippen molar-refractivity contribution >= 4 is 40.7 Å². The van der Waals surface area contributed by atoms with Crippen molar-refractivity contribution in [1.29, 1.82) is 0 Å². The number of hydrogen-bond donors (Lipinski definition) is 2. The number of carbonyl (C=O) groups excluding carboxylic acids is 3. The largest absolute Gasteiger partial charge is 0.481 e. The van der Waals surface area contributed by atoms with E-state index in [9.17, 15) is 38.8 Å². The van der Waals surface area contributed by atoms with Crippen LogP contribution in [0.2, 0.25) is 0 Å². The van der Waals surface area contributed by atoms with E-state index < -0.39 is 53.1 Å². The second-order valence-electron chi connectivity index (χ2n) is 8.37. The molecule has 0 radical (unpaired) electrons. The van der Waals surface area contributed by atoms with Crippen LogP contribution in [0.5, 0.6) is 0 Å². The van der Waals surface area contributed by atoms with Crippen LogP contribution in [0.3, 0.4) is 0 Å². The zero-order chi connectivity index (χ0) is 27.4. The van der Waals surface area contributed by atoms with Gasteiger partial charge < -0.3 is 20.2 Å². The predicted molar refractivity (Wildman–Crippen MR) is 133 cm³/mol. The van der Waals surface area contributed by atoms with Gasteiger partial charge in [-0.25, -0.2) is 4.39 Å². The van der Waals surface area contributed by atoms with E-state index in [1.807, 2.05) is 0 Å². The van der Waals surface area contributed by atoms with Crippen LogP contribution in [-0.2, 0) is 9.59 Å². The zero-order valence-electron chi connectivity index (χ0n) is 19.7. The molecule has 1 fully saturated rings. The number of rotatable bonds is 8. The van der Waals surface area contributed by atoms with Crippen LogP contribution in [0, 0.1) is 15.9 Å². The first-order valence-electron chi connectivity index (χ1n) is 11.3. The summed E-state index contributed by atoms with van der Waals surface area (Å²) in [6.45, 7) is -0.0404. The molecule has 4 rings (SSSR count). The SMILES string of the molecule is O=C(O)CC(NC(=O)C1N(C(=O)c2cccc(F)c2)CCN1C(=O)c1cccs1)c1cccc([N+](=O)[O-])c1. The van der Waals surface area contributed by atoms with Crippen molar-refractivity contribution in [2.45, 2.75) is 18.6 Å². The molecule has 11 nitrogen and oxygen atoms in total. The molecule has 38 heavy (non-hydrogen) atoms. The van der Waals surface area contributed by atoms with Crippen molar-refractivity contribution in [3.8, 4) is 0 Å². The summed E-state index contributed by atoms with van der Waals surface area (Å²) in [6, 6.07) is 12.1. The van der Waals surface area contributed by atoms with Crippen molar-refractivity contribution in [3.63, 3.8) is 0 Å². The Morgan fingerprint density at radius 3 is 2.39 bits per heavy atom. The van der Waals surface area contributed by atoms with Gasteiger partial charge in [0, 0.05) is 30.8 Å². The third-order valence-corrected chi connectivity index (χ3v) is 6.77. The first-order valence-corrected chi connectivity index (χ1v) is 12.2. The Hall–Kier alpha value is -4.65. The van der Waals surface area contributed by atoms with E-state index in [0.717, 1.165) is 34.4 Å². The molecule has 3 aromatic rings. The summed E-state index contributed by atoms with van der Waals surface area (Å²) in [5.41, 5.74) is -0.175. The summed E-state index contributed by atoms with van der Waals surface area (Å²) in [4.78, 5) is 64.9. The molecule has 2 N–H and O–H groups in total. The Labute approximate surface area is 219 Å². The van der Waals surface area contributed by atoms with E-state index in [4.69, 9.17) is 0 Å². The number of amides is 3. The lowest BCUT2D eigenvalue weighted by atomic mass is 10.0. The highest BCUT2D eigenvalue weighted by molar-refractivity contribution is 7.12. The number of benzene rings is 2. The number of carboxylic acids is 1. The highest BCUT2D eigenvalue weighted by Crippen LogP contribution is 2.26. The maximum Gasteiger partial charge on any atom is 0.305 e. The second-order valence-corrected chi connectivity index (χ2v) is 9.32. The highest BCUT2D eigenvalue weighted by Gasteiger charge is 2.44. The number of nitrogens with zero attached hydrogens (tertiary/aromatic N) is 3. The number of aliphatic carboxylic acids is 1. The van der Waals surface area contributed by atoms with Gasteiger partial charge in [-0.15, -0.1) is 11.3 Å². The van der Waals surface area contributed by atoms with Crippen LogP contribution < -0.4 is 5.32 Å². The number of thiophene rings is 1. The van der Waals surface area contributed by atoms with Gasteiger partial charge in [-0.1, -0.05) is 24.3 Å². The predicted octanol–water partition coefficient (Wildman–Crippen LogP) is 3.05. The number of nitro groups is 1. The lowest BCUT2D eigenvalue weighted by molar-refractivity contribution is -0.384. The normalized spacial score (nSPS) is 15.7. The molecule has 0 bridgehead atoms. The lowest BCUT2D eigenvalue weighted by Crippen LogP contribution is -2.54. The number of nitro benzene ring substituents is 1. The number of non-ortho nitro benzene ring substituents is 1. The quantitative estimate of drug-likeness (QED) is 0.329. The Morgan fingerprint density at radius 1 is 1.05 bits per heavy atom. The fourth-order valence-electron chi connectivity index (χ4n) is 4.19. The van der Waals surface area contributed by atoms with Gasteiger partial charge in [0.2, 0.25) is 0 Å². The van der Waals surface area contributed by atoms with Crippen LogP contribution in [0.25, 0.3) is 0 Å². The van der Waals surface area contributed by atoms with Crippen LogP contribution in [-0.4, -0.2) is 62.8 Å². The third kappa shape index (κ3) is 5.67. The van der Waals surface area contributed by atoms with Crippen LogP contribution in [0.4, 0.5) is 10.1 Å². The number of carboxylic acid groups (broad SMARTS) is 1. The lowest BCUT2D eigenvalue weighted by Gasteiger charge is -2.30. The minimum atomic E-state index is -1.48. The molecule has 1 aliphatic rings. The molecule has 13 heteroatoms. The molecule has 1 aliphatic heterocycles. The van der Waals surface area contributed by atoms with Gasteiger partial charge in [0.15, 0.2) is 6.17 Å². The van der Waals surface area contributed by atoms with Crippen molar-refractivity contribution in [2.75, 3.05) is 13.1 Å². The molecule has 0 aliphatic carbocycles. The van der Waals surface area contributed by atoms with Gasteiger partial charge in [-0.3, -0.25) is 29.3 Å². The number of hydrogen-bond acceptors (Lipinski definition) is 7. The molecule has 0 spiro atoms. The van der Waals surface area contributed by atoms with E-state index >= 15 is 0 Å². The molecule has 1 saturated heterocycles. The smallest absolute Gasteiger partial charge is 0.305 e. The summed E-state index contributed by atoms with van der Waals surface area (Å²) in [7, 11) is 0. The number of halogens is 1. The van der Waals surface area contributed by atoms with Crippen molar-refractivity contribution in [2.24, 2.45) is 0 Å². The molecular weight excluding hydrogens is 519 g/mol. The van der Waals surface area contributed by atoms with E-state index in [2.05, 4.69) is 5.32 Å². The monoisotopic (exact) mass is 540 g/mol. The van der Waals surface area contributed by atoms with E-state index in [1.165, 1.54) is 35.2 Å². The molecular formula is C25H21FN4O7S. The molecule has 3 amide bonds. The maximum absolute atomic E-state index is 13.8. The topological polar surface area (TPSA) is 150 Å². The summed E-state index contributed by atoms with van der Waals surface area (Å²) in [6.07, 6.45) is -2.09. The fraction of sp³-hybridized carbons (Fsp3) is 0.200. The van der Waals surface area contributed by atoms with Gasteiger partial charge >= 0.3 is 5.97 Å². The maximum atomic E-state index is 13.8. The summed E-state index contributed by atoms with van der Waals surface area (Å²) >= 11 is 1.15. The average Bonchev–Trinajstić information content (AvgIpc) is 3.58. The number of carbonyl (C=O) groups is 4.